The van der Waals surface area contributed by atoms with Gasteiger partial charge in [-0.05, 0) is 149 Å². The molecule has 2 unspecified atom stereocenters. The van der Waals surface area contributed by atoms with Crippen LogP contribution in [0, 0.1) is 6.92 Å². The summed E-state index contributed by atoms with van der Waals surface area (Å²) in [7, 11) is 0. The Hall–Kier alpha value is -6.68. The van der Waals surface area contributed by atoms with Crippen molar-refractivity contribution in [3.63, 3.8) is 0 Å². The number of nitrogens with zero attached hydrogens (tertiary/aromatic N) is 1. The summed E-state index contributed by atoms with van der Waals surface area (Å²) in [4.78, 5) is 2.35. The molecule has 1 aliphatic heterocycles. The molecular weight excluding hydrogens is 787 g/mol. The van der Waals surface area contributed by atoms with E-state index in [1.165, 1.54) is 72.5 Å². The highest BCUT2D eigenvalue weighted by atomic mass is 15.1. The minimum absolute atomic E-state index is 0.111. The summed E-state index contributed by atoms with van der Waals surface area (Å²) in [5.74, 6) is 0.415. The Kier molecular flexibility index (Phi) is 17.1. The van der Waals surface area contributed by atoms with Crippen LogP contribution in [0.15, 0.2) is 211 Å². The summed E-state index contributed by atoms with van der Waals surface area (Å²) < 4.78 is 0. The average molecular weight is 856 g/mol. The highest BCUT2D eigenvalue weighted by Crippen LogP contribution is 2.43. The standard InChI is InChI=1S/C49H48N2.C11H15N.C2H6/c1-5-34(2)43-23-15-24-44(47(50)30-37-17-8-6-9-18-37)49(43)46-33-40(26-25-36(46)4)41-27-28-48-45(32-41)35(3)16-12-13-29-51(48)42-22-14-21-39(31-42)38-19-10-7-11-20-38;1-3-9(2)11(12)10-7-5-4-6-8-10;1-2/h6-26,29,31-34,47H,3,5,27-28,30,50H2,1-2,4H3;4-8H,3,12H2,1-2H3;1-2H3/b16-12-,29-13-;11-9+;. The minimum atomic E-state index is -0.111. The highest BCUT2D eigenvalue weighted by Gasteiger charge is 2.24. The molecule has 332 valence electrons. The molecule has 8 rings (SSSR count). The van der Waals surface area contributed by atoms with Gasteiger partial charge in [0.15, 0.2) is 0 Å². The number of hydrogen-bond donors (Lipinski definition) is 2. The van der Waals surface area contributed by atoms with E-state index in [4.69, 9.17) is 11.5 Å². The summed E-state index contributed by atoms with van der Waals surface area (Å²) in [6.07, 6.45) is 15.7. The maximum atomic E-state index is 7.08. The van der Waals surface area contributed by atoms with Gasteiger partial charge >= 0.3 is 0 Å². The van der Waals surface area contributed by atoms with Gasteiger partial charge in [0.05, 0.1) is 0 Å². The highest BCUT2D eigenvalue weighted by molar-refractivity contribution is 5.82. The van der Waals surface area contributed by atoms with E-state index in [0.717, 1.165) is 54.6 Å². The zero-order valence-corrected chi connectivity index (χ0v) is 39.8. The second-order valence-electron chi connectivity index (χ2n) is 16.9. The molecule has 1 heterocycles. The van der Waals surface area contributed by atoms with Gasteiger partial charge in [0.2, 0.25) is 0 Å². The summed E-state index contributed by atoms with van der Waals surface area (Å²) in [6.45, 7) is 19.6. The van der Waals surface area contributed by atoms with Crippen LogP contribution >= 0.6 is 0 Å². The third-order valence-electron chi connectivity index (χ3n) is 12.7. The molecule has 0 bridgehead atoms. The Balaban J connectivity index is 0.000000431. The summed E-state index contributed by atoms with van der Waals surface area (Å²) in [5, 5.41) is 0. The Morgan fingerprint density at radius 3 is 2.05 bits per heavy atom. The molecule has 6 aromatic rings. The zero-order valence-electron chi connectivity index (χ0n) is 39.8. The number of hydrogen-bond acceptors (Lipinski definition) is 3. The van der Waals surface area contributed by atoms with E-state index in [9.17, 15) is 0 Å². The Morgan fingerprint density at radius 2 is 1.35 bits per heavy atom. The largest absolute Gasteiger partial charge is 0.398 e. The molecule has 0 fully saturated rings. The molecule has 0 saturated heterocycles. The van der Waals surface area contributed by atoms with Crippen molar-refractivity contribution in [3.05, 3.63) is 245 Å². The van der Waals surface area contributed by atoms with Gasteiger partial charge in [-0.2, -0.15) is 0 Å². The Bertz CT molecular complexity index is 2680. The number of rotatable bonds is 11. The van der Waals surface area contributed by atoms with Gasteiger partial charge in [0.1, 0.15) is 0 Å². The first-order valence-corrected chi connectivity index (χ1v) is 23.6. The number of aryl methyl sites for hydroxylation is 1. The minimum Gasteiger partial charge on any atom is -0.398 e. The summed E-state index contributed by atoms with van der Waals surface area (Å²) >= 11 is 0. The number of nitrogens with two attached hydrogens (primary N) is 2. The molecule has 0 spiro atoms. The molecule has 3 heteroatoms. The van der Waals surface area contributed by atoms with Crippen LogP contribution in [0.1, 0.15) is 113 Å². The van der Waals surface area contributed by atoms with Crippen LogP contribution in [-0.2, 0) is 6.42 Å². The molecule has 2 atom stereocenters. The van der Waals surface area contributed by atoms with Gasteiger partial charge in [-0.1, -0.05) is 192 Å². The van der Waals surface area contributed by atoms with E-state index in [2.05, 4.69) is 198 Å². The molecule has 2 aliphatic rings. The molecule has 0 amide bonds. The van der Waals surface area contributed by atoms with Gasteiger partial charge in [0.25, 0.3) is 0 Å². The fourth-order valence-corrected chi connectivity index (χ4v) is 8.63. The smallest absolute Gasteiger partial charge is 0.0458 e. The first-order valence-electron chi connectivity index (χ1n) is 23.6. The average Bonchev–Trinajstić information content (AvgIpc) is 3.36. The lowest BCUT2D eigenvalue weighted by Gasteiger charge is -2.31. The second-order valence-corrected chi connectivity index (χ2v) is 16.9. The maximum absolute atomic E-state index is 7.08. The first-order chi connectivity index (χ1) is 31.7. The molecule has 0 radical (unpaired) electrons. The van der Waals surface area contributed by atoms with Crippen LogP contribution in [0.3, 0.4) is 0 Å². The maximum Gasteiger partial charge on any atom is 0.0458 e. The van der Waals surface area contributed by atoms with Crippen molar-refractivity contribution >= 4 is 17.0 Å². The quantitative estimate of drug-likeness (QED) is 0.136. The van der Waals surface area contributed by atoms with Crippen molar-refractivity contribution in [1.29, 1.82) is 0 Å². The van der Waals surface area contributed by atoms with Crippen LogP contribution in [-0.4, -0.2) is 0 Å². The lowest BCUT2D eigenvalue weighted by atomic mass is 9.81. The van der Waals surface area contributed by atoms with Crippen LogP contribution in [0.2, 0.25) is 0 Å². The second kappa shape index (κ2) is 23.3. The van der Waals surface area contributed by atoms with Gasteiger partial charge in [0, 0.05) is 34.9 Å². The predicted molar refractivity (Wildman–Crippen MR) is 283 cm³/mol. The normalized spacial score (nSPS) is 15.6. The number of anilines is 1. The van der Waals surface area contributed by atoms with E-state index in [1.54, 1.807) is 0 Å². The van der Waals surface area contributed by atoms with E-state index < -0.39 is 0 Å². The fourth-order valence-electron chi connectivity index (χ4n) is 8.63. The predicted octanol–water partition coefficient (Wildman–Crippen LogP) is 16.5. The van der Waals surface area contributed by atoms with Crippen LogP contribution < -0.4 is 16.4 Å². The third kappa shape index (κ3) is 11.7. The van der Waals surface area contributed by atoms with Crippen molar-refractivity contribution in [2.24, 2.45) is 11.5 Å². The van der Waals surface area contributed by atoms with E-state index >= 15 is 0 Å². The SMILES string of the molecule is C=C1/C=C\C=C/N(c2cccc(-c3ccccc3)c2)C2=C1C=C(c1ccc(C)c(-c3c(C(C)CC)cccc3C(N)Cc3ccccc3)c1)CC2.CC.CC/C(C)=C(/N)c1ccccc1. The van der Waals surface area contributed by atoms with Crippen molar-refractivity contribution in [1.82, 2.24) is 0 Å². The van der Waals surface area contributed by atoms with Crippen LogP contribution in [0.25, 0.3) is 33.5 Å². The fraction of sp³-hybridized carbons (Fsp3) is 0.226. The molecule has 0 aromatic heterocycles. The van der Waals surface area contributed by atoms with Crippen LogP contribution in [0.5, 0.6) is 0 Å². The topological polar surface area (TPSA) is 55.3 Å². The number of allylic oxidation sites excluding steroid dienone is 9. The molecular formula is C62H69N3. The summed E-state index contributed by atoms with van der Waals surface area (Å²) in [6, 6.07) is 53.8. The van der Waals surface area contributed by atoms with Gasteiger partial charge < -0.3 is 16.4 Å². The monoisotopic (exact) mass is 856 g/mol. The van der Waals surface area contributed by atoms with Gasteiger partial charge in [-0.3, -0.25) is 0 Å². The molecule has 6 aromatic carbocycles. The lowest BCUT2D eigenvalue weighted by Crippen LogP contribution is -2.20. The van der Waals surface area contributed by atoms with E-state index in [0.29, 0.717) is 5.92 Å². The molecule has 3 nitrogen and oxygen atoms in total. The summed E-state index contributed by atoms with van der Waals surface area (Å²) in [5.41, 5.74) is 33.7. The van der Waals surface area contributed by atoms with Crippen molar-refractivity contribution in [2.45, 2.75) is 92.5 Å². The first kappa shape index (κ1) is 47.8. The Morgan fingerprint density at radius 1 is 0.708 bits per heavy atom. The van der Waals surface area contributed by atoms with E-state index in [-0.39, 0.29) is 6.04 Å². The lowest BCUT2D eigenvalue weighted by molar-refractivity contribution is 0.707. The van der Waals surface area contributed by atoms with Crippen molar-refractivity contribution in [2.75, 3.05) is 4.90 Å². The van der Waals surface area contributed by atoms with Crippen molar-refractivity contribution < 1.29 is 0 Å². The van der Waals surface area contributed by atoms with E-state index in [1.807, 2.05) is 44.2 Å². The van der Waals surface area contributed by atoms with Gasteiger partial charge in [-0.15, -0.1) is 0 Å². The number of benzene rings is 6. The van der Waals surface area contributed by atoms with Crippen molar-refractivity contribution in [3.8, 4) is 22.3 Å². The molecule has 0 saturated carbocycles. The third-order valence-corrected chi connectivity index (χ3v) is 12.7. The molecule has 4 N–H and O–H groups in total. The zero-order chi connectivity index (χ0) is 46.3. The molecule has 1 aliphatic carbocycles. The van der Waals surface area contributed by atoms with Gasteiger partial charge in [-0.25, -0.2) is 0 Å². The Labute approximate surface area is 391 Å². The molecule has 65 heavy (non-hydrogen) atoms. The van der Waals surface area contributed by atoms with Crippen LogP contribution in [0.4, 0.5) is 5.69 Å².